The van der Waals surface area contributed by atoms with Gasteiger partial charge in [-0.15, -0.1) is 11.8 Å². The van der Waals surface area contributed by atoms with Gasteiger partial charge in [0.2, 0.25) is 0 Å². The van der Waals surface area contributed by atoms with Gasteiger partial charge in [-0.2, -0.15) is 0 Å². The molecule has 92 valence electrons. The number of carbonyl (C=O) groups is 2. The lowest BCUT2D eigenvalue weighted by Gasteiger charge is -2.32. The van der Waals surface area contributed by atoms with E-state index in [-0.39, 0.29) is 22.9 Å². The van der Waals surface area contributed by atoms with E-state index in [1.165, 1.54) is 11.8 Å². The maximum absolute atomic E-state index is 11.4. The molecular formula is C11H18O4S. The molecule has 0 aromatic rings. The first-order valence-corrected chi connectivity index (χ1v) is 6.41. The van der Waals surface area contributed by atoms with Gasteiger partial charge in [-0.1, -0.05) is 0 Å². The molecule has 1 aliphatic carbocycles. The standard InChI is InChI=1S/C11H18O4S/c1-11(2,3)15-9(12)6-16-8-5-4-7(8)10(13)14/h7-8H,4-6H2,1-3H3,(H,13,14). The van der Waals surface area contributed by atoms with Crippen molar-refractivity contribution < 1.29 is 19.4 Å². The Morgan fingerprint density at radius 2 is 2.00 bits per heavy atom. The zero-order chi connectivity index (χ0) is 12.3. The Morgan fingerprint density at radius 1 is 1.38 bits per heavy atom. The Bertz CT molecular complexity index is 282. The summed E-state index contributed by atoms with van der Waals surface area (Å²) in [5.74, 6) is -1.07. The van der Waals surface area contributed by atoms with E-state index < -0.39 is 11.6 Å². The summed E-state index contributed by atoms with van der Waals surface area (Å²) in [6, 6.07) is 0. The largest absolute Gasteiger partial charge is 0.481 e. The highest BCUT2D eigenvalue weighted by molar-refractivity contribution is 8.00. The molecule has 2 unspecified atom stereocenters. The molecule has 0 radical (unpaired) electrons. The molecule has 0 spiro atoms. The molecule has 0 aliphatic heterocycles. The Labute approximate surface area is 99.7 Å². The summed E-state index contributed by atoms with van der Waals surface area (Å²) in [5, 5.41) is 8.90. The fourth-order valence-electron chi connectivity index (χ4n) is 1.50. The molecule has 0 amide bonds. The van der Waals surface area contributed by atoms with Crippen LogP contribution in [0.5, 0.6) is 0 Å². The summed E-state index contributed by atoms with van der Waals surface area (Å²) in [5.41, 5.74) is -0.469. The van der Waals surface area contributed by atoms with E-state index in [0.29, 0.717) is 0 Å². The molecule has 16 heavy (non-hydrogen) atoms. The monoisotopic (exact) mass is 246 g/mol. The van der Waals surface area contributed by atoms with Crippen molar-refractivity contribution in [2.45, 2.75) is 44.5 Å². The number of carboxylic acid groups (broad SMARTS) is 1. The van der Waals surface area contributed by atoms with Gasteiger partial charge in [0.05, 0.1) is 11.7 Å². The summed E-state index contributed by atoms with van der Waals surface area (Å²) in [6.07, 6.45) is 1.60. The van der Waals surface area contributed by atoms with E-state index in [2.05, 4.69) is 0 Å². The molecule has 1 aliphatic rings. The van der Waals surface area contributed by atoms with E-state index in [0.717, 1.165) is 12.8 Å². The number of aliphatic carboxylic acids is 1. The zero-order valence-corrected chi connectivity index (χ0v) is 10.7. The van der Waals surface area contributed by atoms with Crippen LogP contribution in [0.4, 0.5) is 0 Å². The molecule has 1 N–H and O–H groups in total. The van der Waals surface area contributed by atoms with Crippen LogP contribution in [0, 0.1) is 5.92 Å². The molecule has 0 saturated heterocycles. The quantitative estimate of drug-likeness (QED) is 0.768. The van der Waals surface area contributed by atoms with Crippen molar-refractivity contribution >= 4 is 23.7 Å². The predicted octanol–water partition coefficient (Wildman–Crippen LogP) is 1.92. The fraction of sp³-hybridized carbons (Fsp3) is 0.818. The van der Waals surface area contributed by atoms with Gasteiger partial charge in [-0.25, -0.2) is 0 Å². The average Bonchev–Trinajstić information content (AvgIpc) is 1.96. The predicted molar refractivity (Wildman–Crippen MR) is 62.5 cm³/mol. The summed E-state index contributed by atoms with van der Waals surface area (Å²) in [6.45, 7) is 5.46. The molecule has 0 aromatic carbocycles. The lowest BCUT2D eigenvalue weighted by Crippen LogP contribution is -2.36. The minimum atomic E-state index is -0.757. The van der Waals surface area contributed by atoms with Crippen LogP contribution in [-0.4, -0.2) is 33.6 Å². The molecule has 1 saturated carbocycles. The zero-order valence-electron chi connectivity index (χ0n) is 9.86. The molecule has 0 bridgehead atoms. The molecule has 4 nitrogen and oxygen atoms in total. The normalized spacial score (nSPS) is 24.7. The van der Waals surface area contributed by atoms with Crippen molar-refractivity contribution in [3.63, 3.8) is 0 Å². The van der Waals surface area contributed by atoms with Gasteiger partial charge in [0, 0.05) is 5.25 Å². The number of carbonyl (C=O) groups excluding carboxylic acids is 1. The fourth-order valence-corrected chi connectivity index (χ4v) is 2.69. The first-order chi connectivity index (χ1) is 7.29. The number of hydrogen-bond donors (Lipinski definition) is 1. The molecule has 0 aromatic heterocycles. The van der Waals surface area contributed by atoms with Gasteiger partial charge < -0.3 is 9.84 Å². The van der Waals surface area contributed by atoms with Gasteiger partial charge in [0.1, 0.15) is 5.60 Å². The van der Waals surface area contributed by atoms with Gasteiger partial charge >= 0.3 is 11.9 Å². The van der Waals surface area contributed by atoms with Crippen molar-refractivity contribution in [1.29, 1.82) is 0 Å². The van der Waals surface area contributed by atoms with Crippen LogP contribution in [0.3, 0.4) is 0 Å². The van der Waals surface area contributed by atoms with Crippen LogP contribution in [0.1, 0.15) is 33.6 Å². The smallest absolute Gasteiger partial charge is 0.316 e. The molecule has 5 heteroatoms. The van der Waals surface area contributed by atoms with Crippen molar-refractivity contribution in [3.05, 3.63) is 0 Å². The lowest BCUT2D eigenvalue weighted by atomic mass is 9.85. The highest BCUT2D eigenvalue weighted by Gasteiger charge is 2.37. The summed E-state index contributed by atoms with van der Waals surface area (Å²) in [7, 11) is 0. The van der Waals surface area contributed by atoms with Crippen LogP contribution in [-0.2, 0) is 14.3 Å². The Morgan fingerprint density at radius 3 is 2.38 bits per heavy atom. The summed E-state index contributed by atoms with van der Waals surface area (Å²) in [4.78, 5) is 22.1. The first kappa shape index (κ1) is 13.4. The molecule has 1 fully saturated rings. The highest BCUT2D eigenvalue weighted by atomic mass is 32.2. The number of rotatable bonds is 4. The Hall–Kier alpha value is -0.710. The van der Waals surface area contributed by atoms with Crippen LogP contribution in [0.15, 0.2) is 0 Å². The van der Waals surface area contributed by atoms with Gasteiger partial charge in [-0.05, 0) is 33.6 Å². The van der Waals surface area contributed by atoms with Gasteiger partial charge in [0.25, 0.3) is 0 Å². The van der Waals surface area contributed by atoms with E-state index in [9.17, 15) is 9.59 Å². The maximum atomic E-state index is 11.4. The maximum Gasteiger partial charge on any atom is 0.316 e. The third-order valence-electron chi connectivity index (χ3n) is 2.36. The second-order valence-electron chi connectivity index (χ2n) is 4.96. The highest BCUT2D eigenvalue weighted by Crippen LogP contribution is 2.37. The summed E-state index contributed by atoms with van der Waals surface area (Å²) >= 11 is 1.39. The van der Waals surface area contributed by atoms with Crippen LogP contribution >= 0.6 is 11.8 Å². The first-order valence-electron chi connectivity index (χ1n) is 5.36. The van der Waals surface area contributed by atoms with Crippen molar-refractivity contribution in [1.82, 2.24) is 0 Å². The number of ether oxygens (including phenoxy) is 1. The molecule has 0 heterocycles. The van der Waals surface area contributed by atoms with Crippen molar-refractivity contribution in [2.24, 2.45) is 5.92 Å². The molecular weight excluding hydrogens is 228 g/mol. The number of carboxylic acids is 1. The Kier molecular flexibility index (Phi) is 4.24. The number of hydrogen-bond acceptors (Lipinski definition) is 4. The third kappa shape index (κ3) is 4.04. The van der Waals surface area contributed by atoms with Gasteiger partial charge in [-0.3, -0.25) is 9.59 Å². The van der Waals surface area contributed by atoms with E-state index in [4.69, 9.17) is 9.84 Å². The Balaban J connectivity index is 2.25. The topological polar surface area (TPSA) is 63.6 Å². The van der Waals surface area contributed by atoms with Crippen molar-refractivity contribution in [2.75, 3.05) is 5.75 Å². The third-order valence-corrected chi connectivity index (χ3v) is 3.76. The number of esters is 1. The molecule has 2 atom stereocenters. The lowest BCUT2D eigenvalue weighted by molar-refractivity contribution is -0.151. The second-order valence-corrected chi connectivity index (χ2v) is 6.19. The summed E-state index contributed by atoms with van der Waals surface area (Å²) < 4.78 is 5.15. The van der Waals surface area contributed by atoms with Gasteiger partial charge in [0.15, 0.2) is 0 Å². The molecule has 1 rings (SSSR count). The minimum absolute atomic E-state index is 0.0741. The second kappa shape index (κ2) is 5.08. The van der Waals surface area contributed by atoms with E-state index in [1.807, 2.05) is 20.8 Å². The van der Waals surface area contributed by atoms with Crippen LogP contribution in [0.2, 0.25) is 0 Å². The number of thioether (sulfide) groups is 1. The minimum Gasteiger partial charge on any atom is -0.481 e. The SMILES string of the molecule is CC(C)(C)OC(=O)CSC1CCC1C(=O)O. The average molecular weight is 246 g/mol. The van der Waals surface area contributed by atoms with Crippen LogP contribution in [0.25, 0.3) is 0 Å². The van der Waals surface area contributed by atoms with E-state index >= 15 is 0 Å². The van der Waals surface area contributed by atoms with Crippen LogP contribution < -0.4 is 0 Å². The van der Waals surface area contributed by atoms with Crippen molar-refractivity contribution in [3.8, 4) is 0 Å². The van der Waals surface area contributed by atoms with E-state index in [1.54, 1.807) is 0 Å².